The van der Waals surface area contributed by atoms with Gasteiger partial charge in [-0.1, -0.05) is 18.5 Å². The Balaban J connectivity index is 2.14. The number of nitrogens with one attached hydrogen (secondary N) is 1. The van der Waals surface area contributed by atoms with Gasteiger partial charge in [0.1, 0.15) is 11.3 Å². The number of oxazole rings is 1. The first-order valence-corrected chi connectivity index (χ1v) is 6.33. The Kier molecular flexibility index (Phi) is 4.22. The SMILES string of the molecule is CCCNc1ncc(Cl)c(Sc2ncco2)n1. The molecule has 17 heavy (non-hydrogen) atoms. The molecule has 0 aliphatic heterocycles. The molecule has 0 fully saturated rings. The predicted octanol–water partition coefficient (Wildman–Crippen LogP) is 3.09. The molecule has 0 unspecified atom stereocenters. The van der Waals surface area contributed by atoms with E-state index in [9.17, 15) is 0 Å². The van der Waals surface area contributed by atoms with Gasteiger partial charge in [-0.25, -0.2) is 15.0 Å². The molecular weight excluding hydrogens is 260 g/mol. The summed E-state index contributed by atoms with van der Waals surface area (Å²) in [5.41, 5.74) is 0. The predicted molar refractivity (Wildman–Crippen MR) is 66.4 cm³/mol. The van der Waals surface area contributed by atoms with Crippen molar-refractivity contribution in [1.29, 1.82) is 0 Å². The summed E-state index contributed by atoms with van der Waals surface area (Å²) in [7, 11) is 0. The van der Waals surface area contributed by atoms with Gasteiger partial charge in [0.15, 0.2) is 0 Å². The van der Waals surface area contributed by atoms with E-state index in [0.29, 0.717) is 21.2 Å². The first kappa shape index (κ1) is 12.2. The van der Waals surface area contributed by atoms with Gasteiger partial charge in [0.25, 0.3) is 5.22 Å². The number of anilines is 1. The second-order valence-electron chi connectivity index (χ2n) is 3.17. The van der Waals surface area contributed by atoms with Crippen LogP contribution in [0.5, 0.6) is 0 Å². The fourth-order valence-corrected chi connectivity index (χ4v) is 1.96. The lowest BCUT2D eigenvalue weighted by atomic mass is 10.5. The topological polar surface area (TPSA) is 63.8 Å². The normalized spacial score (nSPS) is 10.5. The smallest absolute Gasteiger partial charge is 0.262 e. The molecule has 7 heteroatoms. The maximum atomic E-state index is 6.00. The Bertz CT molecular complexity index is 477. The Labute approximate surface area is 108 Å². The van der Waals surface area contributed by atoms with E-state index in [-0.39, 0.29) is 0 Å². The molecule has 2 rings (SSSR count). The molecule has 0 aliphatic rings. The summed E-state index contributed by atoms with van der Waals surface area (Å²) in [6, 6.07) is 0. The second-order valence-corrected chi connectivity index (χ2v) is 4.52. The fraction of sp³-hybridized carbons (Fsp3) is 0.300. The van der Waals surface area contributed by atoms with E-state index in [0.717, 1.165) is 13.0 Å². The van der Waals surface area contributed by atoms with Crippen molar-refractivity contribution in [3.8, 4) is 0 Å². The van der Waals surface area contributed by atoms with Gasteiger partial charge in [-0.05, 0) is 18.2 Å². The van der Waals surface area contributed by atoms with Crippen molar-refractivity contribution in [2.45, 2.75) is 23.6 Å². The van der Waals surface area contributed by atoms with Gasteiger partial charge in [-0.2, -0.15) is 0 Å². The van der Waals surface area contributed by atoms with Gasteiger partial charge in [-0.15, -0.1) is 0 Å². The first-order chi connectivity index (χ1) is 8.29. The Hall–Kier alpha value is -1.27. The molecule has 5 nitrogen and oxygen atoms in total. The molecule has 0 amide bonds. The maximum Gasteiger partial charge on any atom is 0.262 e. The van der Waals surface area contributed by atoms with E-state index in [1.54, 1.807) is 12.4 Å². The number of halogens is 1. The van der Waals surface area contributed by atoms with Gasteiger partial charge >= 0.3 is 0 Å². The maximum absolute atomic E-state index is 6.00. The molecule has 0 radical (unpaired) electrons. The molecule has 0 aromatic carbocycles. The highest BCUT2D eigenvalue weighted by molar-refractivity contribution is 7.99. The van der Waals surface area contributed by atoms with Gasteiger partial charge in [0.05, 0.1) is 17.4 Å². The molecule has 0 saturated carbocycles. The third kappa shape index (κ3) is 3.34. The molecule has 0 aliphatic carbocycles. The van der Waals surface area contributed by atoms with Gasteiger partial charge in [0.2, 0.25) is 5.95 Å². The molecule has 2 aromatic rings. The van der Waals surface area contributed by atoms with Crippen LogP contribution in [0.2, 0.25) is 5.02 Å². The van der Waals surface area contributed by atoms with Crippen LogP contribution in [0.25, 0.3) is 0 Å². The lowest BCUT2D eigenvalue weighted by Crippen LogP contribution is -2.04. The molecule has 1 N–H and O–H groups in total. The third-order valence-corrected chi connectivity index (χ3v) is 3.11. The molecule has 0 saturated heterocycles. The molecule has 0 spiro atoms. The van der Waals surface area contributed by atoms with Crippen LogP contribution in [0, 0.1) is 0 Å². The molecule has 2 heterocycles. The summed E-state index contributed by atoms with van der Waals surface area (Å²) in [6.07, 6.45) is 5.66. The standard InChI is InChI=1S/C10H11ClN4OS/c1-2-3-12-9-14-6-7(11)8(15-9)17-10-13-4-5-16-10/h4-6H,2-3H2,1H3,(H,12,14,15). The van der Waals surface area contributed by atoms with Crippen molar-refractivity contribution in [3.05, 3.63) is 23.7 Å². The van der Waals surface area contributed by atoms with Crippen molar-refractivity contribution < 1.29 is 4.42 Å². The number of aromatic nitrogens is 3. The Morgan fingerprint density at radius 3 is 3.06 bits per heavy atom. The summed E-state index contributed by atoms with van der Waals surface area (Å²) in [5.74, 6) is 0.560. The minimum Gasteiger partial charge on any atom is -0.440 e. The van der Waals surface area contributed by atoms with Crippen LogP contribution in [-0.4, -0.2) is 21.5 Å². The Morgan fingerprint density at radius 1 is 1.47 bits per heavy atom. The van der Waals surface area contributed by atoms with Crippen molar-refractivity contribution in [2.24, 2.45) is 0 Å². The fourth-order valence-electron chi connectivity index (χ4n) is 1.09. The summed E-state index contributed by atoms with van der Waals surface area (Å²) in [5, 5.41) is 4.71. The summed E-state index contributed by atoms with van der Waals surface area (Å²) in [4.78, 5) is 12.4. The zero-order valence-electron chi connectivity index (χ0n) is 9.18. The Morgan fingerprint density at radius 2 is 2.35 bits per heavy atom. The molecule has 0 atom stereocenters. The monoisotopic (exact) mass is 270 g/mol. The van der Waals surface area contributed by atoms with E-state index in [1.165, 1.54) is 18.0 Å². The highest BCUT2D eigenvalue weighted by Crippen LogP contribution is 2.30. The largest absolute Gasteiger partial charge is 0.440 e. The van der Waals surface area contributed by atoms with Gasteiger partial charge < -0.3 is 9.73 Å². The van der Waals surface area contributed by atoms with Gasteiger partial charge in [-0.3, -0.25) is 0 Å². The zero-order valence-corrected chi connectivity index (χ0v) is 10.8. The highest BCUT2D eigenvalue weighted by Gasteiger charge is 2.09. The quantitative estimate of drug-likeness (QED) is 0.843. The van der Waals surface area contributed by atoms with Crippen LogP contribution in [0.3, 0.4) is 0 Å². The second kappa shape index (κ2) is 5.88. The number of nitrogens with zero attached hydrogens (tertiary/aromatic N) is 3. The molecule has 2 aromatic heterocycles. The van der Waals surface area contributed by atoms with Crippen LogP contribution in [-0.2, 0) is 0 Å². The van der Waals surface area contributed by atoms with E-state index in [1.807, 2.05) is 0 Å². The van der Waals surface area contributed by atoms with Crippen molar-refractivity contribution in [1.82, 2.24) is 15.0 Å². The molecule has 90 valence electrons. The first-order valence-electron chi connectivity index (χ1n) is 5.13. The van der Waals surface area contributed by atoms with Gasteiger partial charge in [0, 0.05) is 6.54 Å². The molecular formula is C10H11ClN4OS. The number of rotatable bonds is 5. The highest BCUT2D eigenvalue weighted by atomic mass is 35.5. The number of hydrogen-bond donors (Lipinski definition) is 1. The van der Waals surface area contributed by atoms with Crippen LogP contribution in [0.4, 0.5) is 5.95 Å². The summed E-state index contributed by atoms with van der Waals surface area (Å²) in [6.45, 7) is 2.90. The lowest BCUT2D eigenvalue weighted by molar-refractivity contribution is 0.454. The van der Waals surface area contributed by atoms with E-state index in [2.05, 4.69) is 27.2 Å². The van der Waals surface area contributed by atoms with E-state index < -0.39 is 0 Å². The van der Waals surface area contributed by atoms with Crippen LogP contribution >= 0.6 is 23.4 Å². The molecule has 0 bridgehead atoms. The third-order valence-electron chi connectivity index (χ3n) is 1.84. The summed E-state index contributed by atoms with van der Waals surface area (Å²) >= 11 is 7.27. The minimum absolute atomic E-state index is 0.482. The average Bonchev–Trinajstić information content (AvgIpc) is 2.83. The van der Waals surface area contributed by atoms with Crippen molar-refractivity contribution in [3.63, 3.8) is 0 Å². The zero-order chi connectivity index (χ0) is 12.1. The van der Waals surface area contributed by atoms with Crippen molar-refractivity contribution in [2.75, 3.05) is 11.9 Å². The van der Waals surface area contributed by atoms with Crippen LogP contribution < -0.4 is 5.32 Å². The summed E-state index contributed by atoms with van der Waals surface area (Å²) < 4.78 is 5.13. The van der Waals surface area contributed by atoms with Crippen LogP contribution in [0.1, 0.15) is 13.3 Å². The average molecular weight is 271 g/mol. The van der Waals surface area contributed by atoms with Crippen LogP contribution in [0.15, 0.2) is 33.3 Å². The van der Waals surface area contributed by atoms with Crippen molar-refractivity contribution >= 4 is 29.3 Å². The van der Waals surface area contributed by atoms with E-state index >= 15 is 0 Å². The lowest BCUT2D eigenvalue weighted by Gasteiger charge is -2.05. The van der Waals surface area contributed by atoms with E-state index in [4.69, 9.17) is 16.0 Å². The number of hydrogen-bond acceptors (Lipinski definition) is 6. The minimum atomic E-state index is 0.482.